The fourth-order valence-corrected chi connectivity index (χ4v) is 2.73. The normalized spacial score (nSPS) is 12.5. The Bertz CT molecular complexity index is 366. The molecule has 18 heavy (non-hydrogen) atoms. The highest BCUT2D eigenvalue weighted by Gasteiger charge is 2.11. The molecule has 2 N–H and O–H groups in total. The number of aryl methyl sites for hydroxylation is 1. The van der Waals surface area contributed by atoms with Gasteiger partial charge in [0, 0.05) is 18.8 Å². The lowest BCUT2D eigenvalue weighted by molar-refractivity contribution is 0.668. The van der Waals surface area contributed by atoms with Crippen LogP contribution in [0.1, 0.15) is 24.5 Å². The van der Waals surface area contributed by atoms with Crippen molar-refractivity contribution in [1.29, 1.82) is 0 Å². The van der Waals surface area contributed by atoms with Crippen LogP contribution in [0, 0.1) is 6.92 Å². The first-order valence-corrected chi connectivity index (χ1v) is 8.01. The summed E-state index contributed by atoms with van der Waals surface area (Å²) in [6.45, 7) is 5.20. The molecule has 0 aliphatic carbocycles. The van der Waals surface area contributed by atoms with E-state index in [1.807, 2.05) is 11.8 Å². The second-order valence-electron chi connectivity index (χ2n) is 4.90. The average molecular weight is 266 g/mol. The first kappa shape index (κ1) is 15.4. The Morgan fingerprint density at radius 3 is 2.67 bits per heavy atom. The minimum absolute atomic E-state index is 0.580. The zero-order valence-electron chi connectivity index (χ0n) is 12.1. The zero-order chi connectivity index (χ0) is 13.5. The number of benzene rings is 1. The smallest absolute Gasteiger partial charge is 0.0395 e. The first-order chi connectivity index (χ1) is 8.60. The van der Waals surface area contributed by atoms with Crippen molar-refractivity contribution in [3.8, 4) is 0 Å². The molecule has 3 heteroatoms. The molecule has 0 aromatic heterocycles. The number of thioether (sulfide) groups is 1. The Morgan fingerprint density at radius 1 is 1.39 bits per heavy atom. The number of anilines is 1. The van der Waals surface area contributed by atoms with Crippen LogP contribution in [0.15, 0.2) is 18.2 Å². The standard InChI is InChI=1S/C15H26N2S/c1-12-11-14(7-9-16)5-6-15(12)17(3)13(2)8-10-18-4/h5-6,11,13H,7-10,16H2,1-4H3. The van der Waals surface area contributed by atoms with Crippen molar-refractivity contribution in [3.05, 3.63) is 29.3 Å². The van der Waals surface area contributed by atoms with Crippen molar-refractivity contribution in [1.82, 2.24) is 0 Å². The van der Waals surface area contributed by atoms with E-state index in [4.69, 9.17) is 5.73 Å². The maximum atomic E-state index is 5.60. The highest BCUT2D eigenvalue weighted by atomic mass is 32.2. The number of rotatable bonds is 7. The van der Waals surface area contributed by atoms with Gasteiger partial charge >= 0.3 is 0 Å². The largest absolute Gasteiger partial charge is 0.372 e. The average Bonchev–Trinajstić information content (AvgIpc) is 2.35. The molecule has 2 nitrogen and oxygen atoms in total. The number of hydrogen-bond acceptors (Lipinski definition) is 3. The van der Waals surface area contributed by atoms with E-state index in [-0.39, 0.29) is 0 Å². The van der Waals surface area contributed by atoms with Crippen LogP contribution < -0.4 is 10.6 Å². The van der Waals surface area contributed by atoms with E-state index >= 15 is 0 Å². The molecule has 0 aliphatic heterocycles. The van der Waals surface area contributed by atoms with Crippen molar-refractivity contribution >= 4 is 17.4 Å². The fraction of sp³-hybridized carbons (Fsp3) is 0.600. The summed E-state index contributed by atoms with van der Waals surface area (Å²) in [5.41, 5.74) is 9.62. The highest BCUT2D eigenvalue weighted by molar-refractivity contribution is 7.98. The molecule has 0 fully saturated rings. The monoisotopic (exact) mass is 266 g/mol. The van der Waals surface area contributed by atoms with Crippen LogP contribution in [0.4, 0.5) is 5.69 Å². The predicted octanol–water partition coefficient (Wildman–Crippen LogP) is 3.07. The summed E-state index contributed by atoms with van der Waals surface area (Å²) in [6.07, 6.45) is 4.36. The molecular weight excluding hydrogens is 240 g/mol. The molecular formula is C15H26N2S. The Morgan fingerprint density at radius 2 is 2.11 bits per heavy atom. The lowest BCUT2D eigenvalue weighted by atomic mass is 10.1. The molecule has 0 aliphatic rings. The molecule has 1 rings (SSSR count). The van der Waals surface area contributed by atoms with Gasteiger partial charge in [-0.3, -0.25) is 0 Å². The number of nitrogens with two attached hydrogens (primary N) is 1. The quantitative estimate of drug-likeness (QED) is 0.822. The topological polar surface area (TPSA) is 29.3 Å². The van der Waals surface area contributed by atoms with Gasteiger partial charge in [0.15, 0.2) is 0 Å². The van der Waals surface area contributed by atoms with Crippen LogP contribution in [-0.4, -0.2) is 31.6 Å². The van der Waals surface area contributed by atoms with Crippen LogP contribution in [0.5, 0.6) is 0 Å². The van der Waals surface area contributed by atoms with Gasteiger partial charge in [0.05, 0.1) is 0 Å². The summed E-state index contributed by atoms with van der Waals surface area (Å²) in [6, 6.07) is 7.28. The molecule has 0 amide bonds. The number of nitrogens with zero attached hydrogens (tertiary/aromatic N) is 1. The number of hydrogen-bond donors (Lipinski definition) is 1. The molecule has 1 atom stereocenters. The van der Waals surface area contributed by atoms with Crippen LogP contribution >= 0.6 is 11.8 Å². The third kappa shape index (κ3) is 4.21. The van der Waals surface area contributed by atoms with E-state index in [0.29, 0.717) is 6.04 Å². The second-order valence-corrected chi connectivity index (χ2v) is 5.89. The molecule has 1 aromatic carbocycles. The summed E-state index contributed by atoms with van der Waals surface area (Å²) < 4.78 is 0. The van der Waals surface area contributed by atoms with Crippen LogP contribution in [-0.2, 0) is 6.42 Å². The van der Waals surface area contributed by atoms with Crippen LogP contribution in [0.3, 0.4) is 0 Å². The van der Waals surface area contributed by atoms with E-state index in [0.717, 1.165) is 13.0 Å². The van der Waals surface area contributed by atoms with Crippen molar-refractivity contribution in [2.24, 2.45) is 5.73 Å². The van der Waals surface area contributed by atoms with E-state index in [1.54, 1.807) is 0 Å². The molecule has 0 saturated carbocycles. The molecule has 0 bridgehead atoms. The molecule has 0 radical (unpaired) electrons. The van der Waals surface area contributed by atoms with Gasteiger partial charge in [0.2, 0.25) is 0 Å². The maximum absolute atomic E-state index is 5.60. The Hall–Kier alpha value is -0.670. The van der Waals surface area contributed by atoms with Gasteiger partial charge in [-0.1, -0.05) is 12.1 Å². The predicted molar refractivity (Wildman–Crippen MR) is 84.8 cm³/mol. The third-order valence-corrected chi connectivity index (χ3v) is 4.12. The molecule has 0 saturated heterocycles. The summed E-state index contributed by atoms with van der Waals surface area (Å²) in [5.74, 6) is 1.22. The summed E-state index contributed by atoms with van der Waals surface area (Å²) in [4.78, 5) is 2.39. The van der Waals surface area contributed by atoms with Crippen molar-refractivity contribution in [2.75, 3.05) is 30.5 Å². The van der Waals surface area contributed by atoms with Crippen molar-refractivity contribution in [3.63, 3.8) is 0 Å². The van der Waals surface area contributed by atoms with E-state index < -0.39 is 0 Å². The Kier molecular flexibility index (Phi) is 6.58. The van der Waals surface area contributed by atoms with Crippen molar-refractivity contribution < 1.29 is 0 Å². The summed E-state index contributed by atoms with van der Waals surface area (Å²) in [5, 5.41) is 0. The minimum Gasteiger partial charge on any atom is -0.372 e. The fourth-order valence-electron chi connectivity index (χ4n) is 2.15. The van der Waals surface area contributed by atoms with Gasteiger partial charge in [0.1, 0.15) is 0 Å². The molecule has 0 spiro atoms. The molecule has 1 aromatic rings. The lowest BCUT2D eigenvalue weighted by Gasteiger charge is -2.28. The van der Waals surface area contributed by atoms with Crippen molar-refractivity contribution in [2.45, 2.75) is 32.7 Å². The highest BCUT2D eigenvalue weighted by Crippen LogP contribution is 2.23. The molecule has 0 heterocycles. The van der Waals surface area contributed by atoms with E-state index in [1.165, 1.54) is 29.0 Å². The van der Waals surface area contributed by atoms with Gasteiger partial charge in [-0.25, -0.2) is 0 Å². The molecule has 102 valence electrons. The van der Waals surface area contributed by atoms with E-state index in [9.17, 15) is 0 Å². The SMILES string of the molecule is CSCCC(C)N(C)c1ccc(CCN)cc1C. The second kappa shape index (κ2) is 7.70. The van der Waals surface area contributed by atoms with E-state index in [2.05, 4.69) is 50.2 Å². The third-order valence-electron chi connectivity index (χ3n) is 3.48. The maximum Gasteiger partial charge on any atom is 0.0395 e. The minimum atomic E-state index is 0.580. The lowest BCUT2D eigenvalue weighted by Crippen LogP contribution is -2.29. The summed E-state index contributed by atoms with van der Waals surface area (Å²) in [7, 11) is 2.19. The first-order valence-electron chi connectivity index (χ1n) is 6.61. The van der Waals surface area contributed by atoms with Gasteiger partial charge in [0.25, 0.3) is 0 Å². The zero-order valence-corrected chi connectivity index (χ0v) is 12.9. The Labute approximate surface area is 116 Å². The van der Waals surface area contributed by atoms with Gasteiger partial charge in [-0.15, -0.1) is 0 Å². The van der Waals surface area contributed by atoms with Gasteiger partial charge < -0.3 is 10.6 Å². The Balaban J connectivity index is 2.76. The van der Waals surface area contributed by atoms with Crippen LogP contribution in [0.2, 0.25) is 0 Å². The molecule has 1 unspecified atom stereocenters. The van der Waals surface area contributed by atoms with Gasteiger partial charge in [-0.05, 0) is 62.4 Å². The van der Waals surface area contributed by atoms with Gasteiger partial charge in [-0.2, -0.15) is 11.8 Å². The van der Waals surface area contributed by atoms with Crippen LogP contribution in [0.25, 0.3) is 0 Å². The summed E-state index contributed by atoms with van der Waals surface area (Å²) >= 11 is 1.92.